The lowest BCUT2D eigenvalue weighted by atomic mass is 10.1. The largest absolute Gasteiger partial charge is 0.465 e. The Hall–Kier alpha value is -2.71. The van der Waals surface area contributed by atoms with E-state index in [2.05, 4.69) is 10.1 Å². The second-order valence-corrected chi connectivity index (χ2v) is 3.43. The zero-order chi connectivity index (χ0) is 14.6. The summed E-state index contributed by atoms with van der Waals surface area (Å²) in [5.74, 6) is -0.880. The van der Waals surface area contributed by atoms with Crippen LogP contribution in [0.2, 0.25) is 0 Å². The van der Waals surface area contributed by atoms with Gasteiger partial charge in [0, 0.05) is 18.7 Å². The molecule has 0 saturated heterocycles. The average molecular weight is 269 g/mol. The summed E-state index contributed by atoms with van der Waals surface area (Å²) in [6.07, 6.45) is 0. The number of nitro benzene ring substituents is 2. The maximum atomic E-state index is 11.3. The van der Waals surface area contributed by atoms with Crippen LogP contribution in [0.3, 0.4) is 0 Å². The Bertz CT molecular complexity index is 507. The lowest BCUT2D eigenvalue weighted by molar-refractivity contribution is -0.392. The maximum absolute atomic E-state index is 11.3. The van der Waals surface area contributed by atoms with E-state index >= 15 is 0 Å². The molecule has 0 saturated carbocycles. The highest BCUT2D eigenvalue weighted by Crippen LogP contribution is 2.35. The minimum Gasteiger partial charge on any atom is -0.465 e. The van der Waals surface area contributed by atoms with Gasteiger partial charge in [-0.05, 0) is 6.92 Å². The van der Waals surface area contributed by atoms with Crippen LogP contribution in [0.15, 0.2) is 12.1 Å². The van der Waals surface area contributed by atoms with Gasteiger partial charge in [-0.2, -0.15) is 0 Å². The van der Waals surface area contributed by atoms with Gasteiger partial charge >= 0.3 is 5.97 Å². The highest BCUT2D eigenvalue weighted by atomic mass is 16.6. The normalized spacial score (nSPS) is 9.79. The summed E-state index contributed by atoms with van der Waals surface area (Å²) >= 11 is 0. The average Bonchev–Trinajstić information content (AvgIpc) is 2.37. The van der Waals surface area contributed by atoms with Crippen molar-refractivity contribution in [2.75, 3.05) is 19.0 Å². The Labute approximate surface area is 107 Å². The molecule has 1 aromatic rings. The molecular weight excluding hydrogens is 258 g/mol. The summed E-state index contributed by atoms with van der Waals surface area (Å²) in [5.41, 5.74) is -1.57. The monoisotopic (exact) mass is 269 g/mol. The third-order valence-electron chi connectivity index (χ3n) is 2.26. The van der Waals surface area contributed by atoms with Gasteiger partial charge in [0.05, 0.1) is 22.5 Å². The van der Waals surface area contributed by atoms with Crippen molar-refractivity contribution in [3.63, 3.8) is 0 Å². The fraction of sp³-hybridized carbons (Fsp3) is 0.300. The third kappa shape index (κ3) is 2.94. The number of anilines is 1. The van der Waals surface area contributed by atoms with Crippen LogP contribution in [0.5, 0.6) is 0 Å². The fourth-order valence-electron chi connectivity index (χ4n) is 1.49. The Morgan fingerprint density at radius 1 is 1.26 bits per heavy atom. The molecule has 0 aliphatic rings. The van der Waals surface area contributed by atoms with Crippen molar-refractivity contribution in [2.24, 2.45) is 0 Å². The van der Waals surface area contributed by atoms with Crippen molar-refractivity contribution in [1.82, 2.24) is 0 Å². The van der Waals surface area contributed by atoms with Crippen molar-refractivity contribution < 1.29 is 19.4 Å². The van der Waals surface area contributed by atoms with Crippen molar-refractivity contribution in [1.29, 1.82) is 0 Å². The third-order valence-corrected chi connectivity index (χ3v) is 2.26. The molecule has 0 bridgehead atoms. The first-order valence-electron chi connectivity index (χ1n) is 5.21. The van der Waals surface area contributed by atoms with Crippen molar-refractivity contribution >= 4 is 23.0 Å². The number of nitro groups is 2. The van der Waals surface area contributed by atoms with Gasteiger partial charge in [0.1, 0.15) is 0 Å². The Morgan fingerprint density at radius 2 is 1.74 bits per heavy atom. The Kier molecular flexibility index (Phi) is 4.35. The van der Waals surface area contributed by atoms with Gasteiger partial charge in [0.15, 0.2) is 5.69 Å². The topological polar surface area (TPSA) is 125 Å². The molecule has 0 fully saturated rings. The number of nitrogens with zero attached hydrogens (tertiary/aromatic N) is 2. The summed E-state index contributed by atoms with van der Waals surface area (Å²) in [5, 5.41) is 24.4. The molecule has 9 nitrogen and oxygen atoms in total. The van der Waals surface area contributed by atoms with Crippen LogP contribution in [0, 0.1) is 20.2 Å². The van der Waals surface area contributed by atoms with E-state index in [1.54, 1.807) is 6.92 Å². The number of carbonyl (C=O) groups is 1. The summed E-state index contributed by atoms with van der Waals surface area (Å²) in [6, 6.07) is 1.88. The van der Waals surface area contributed by atoms with Crippen LogP contribution in [0.1, 0.15) is 17.3 Å². The molecule has 1 rings (SSSR count). The van der Waals surface area contributed by atoms with Gasteiger partial charge in [0.2, 0.25) is 0 Å². The van der Waals surface area contributed by atoms with E-state index in [0.29, 0.717) is 0 Å². The SMILES string of the molecule is CCNc1c([N+](=O)[O-])cc(C(=O)OC)cc1[N+](=O)[O-]. The zero-order valence-electron chi connectivity index (χ0n) is 10.2. The molecule has 1 N–H and O–H groups in total. The summed E-state index contributed by atoms with van der Waals surface area (Å²) in [7, 11) is 1.08. The minimum atomic E-state index is -0.880. The number of carbonyl (C=O) groups excluding carboxylic acids is 1. The van der Waals surface area contributed by atoms with Crippen molar-refractivity contribution in [2.45, 2.75) is 6.92 Å². The molecule has 0 heterocycles. The number of hydrogen-bond donors (Lipinski definition) is 1. The standard InChI is InChI=1S/C10H11N3O6/c1-3-11-9-7(12(15)16)4-6(10(14)19-2)5-8(9)13(17)18/h4-5,11H,3H2,1-2H3. The molecule has 0 atom stereocenters. The number of ether oxygens (including phenoxy) is 1. The van der Waals surface area contributed by atoms with E-state index in [1.165, 1.54) is 0 Å². The highest BCUT2D eigenvalue weighted by Gasteiger charge is 2.28. The van der Waals surface area contributed by atoms with E-state index in [1.807, 2.05) is 0 Å². The van der Waals surface area contributed by atoms with Crippen LogP contribution in [0.4, 0.5) is 17.1 Å². The highest BCUT2D eigenvalue weighted by molar-refractivity contribution is 5.93. The van der Waals surface area contributed by atoms with Crippen LogP contribution in [-0.4, -0.2) is 29.5 Å². The molecule has 0 radical (unpaired) electrons. The Morgan fingerprint density at radius 3 is 2.05 bits per heavy atom. The molecule has 9 heteroatoms. The van der Waals surface area contributed by atoms with Crippen LogP contribution in [-0.2, 0) is 4.74 Å². The zero-order valence-corrected chi connectivity index (χ0v) is 10.2. The number of methoxy groups -OCH3 is 1. The van der Waals surface area contributed by atoms with E-state index < -0.39 is 27.2 Å². The maximum Gasteiger partial charge on any atom is 0.338 e. The molecule has 0 aromatic heterocycles. The quantitative estimate of drug-likeness (QED) is 0.490. The van der Waals surface area contributed by atoms with Gasteiger partial charge in [-0.1, -0.05) is 0 Å². The number of nitrogens with one attached hydrogen (secondary N) is 1. The van der Waals surface area contributed by atoms with E-state index in [0.717, 1.165) is 19.2 Å². The first-order valence-corrected chi connectivity index (χ1v) is 5.21. The molecule has 0 aliphatic carbocycles. The van der Waals surface area contributed by atoms with E-state index in [-0.39, 0.29) is 17.8 Å². The molecular formula is C10H11N3O6. The number of hydrogen-bond acceptors (Lipinski definition) is 7. The van der Waals surface area contributed by atoms with Crippen LogP contribution < -0.4 is 5.32 Å². The van der Waals surface area contributed by atoms with E-state index in [4.69, 9.17) is 0 Å². The second-order valence-electron chi connectivity index (χ2n) is 3.43. The van der Waals surface area contributed by atoms with Gasteiger partial charge in [-0.25, -0.2) is 4.79 Å². The summed E-state index contributed by atoms with van der Waals surface area (Å²) < 4.78 is 4.40. The van der Waals surface area contributed by atoms with Gasteiger partial charge in [-0.3, -0.25) is 20.2 Å². The Balaban J connectivity index is 3.57. The van der Waals surface area contributed by atoms with Crippen LogP contribution >= 0.6 is 0 Å². The lowest BCUT2D eigenvalue weighted by Gasteiger charge is -2.07. The van der Waals surface area contributed by atoms with Gasteiger partial charge in [-0.15, -0.1) is 0 Å². The fourth-order valence-corrected chi connectivity index (χ4v) is 1.49. The van der Waals surface area contributed by atoms with Gasteiger partial charge < -0.3 is 10.1 Å². The minimum absolute atomic E-state index is 0.231. The molecule has 0 spiro atoms. The summed E-state index contributed by atoms with van der Waals surface area (Å²) in [4.78, 5) is 31.6. The molecule has 0 amide bonds. The van der Waals surface area contributed by atoms with Crippen molar-refractivity contribution in [3.8, 4) is 0 Å². The first-order chi connectivity index (χ1) is 8.92. The number of benzene rings is 1. The second kappa shape index (κ2) is 5.76. The molecule has 0 aliphatic heterocycles. The first kappa shape index (κ1) is 14.4. The molecule has 0 unspecified atom stereocenters. The molecule has 102 valence electrons. The number of esters is 1. The number of rotatable bonds is 5. The lowest BCUT2D eigenvalue weighted by Crippen LogP contribution is -2.08. The van der Waals surface area contributed by atoms with Gasteiger partial charge in [0.25, 0.3) is 11.4 Å². The van der Waals surface area contributed by atoms with E-state index in [9.17, 15) is 25.0 Å². The molecule has 1 aromatic carbocycles. The predicted octanol–water partition coefficient (Wildman–Crippen LogP) is 1.72. The smallest absolute Gasteiger partial charge is 0.338 e. The van der Waals surface area contributed by atoms with Crippen LogP contribution in [0.25, 0.3) is 0 Å². The summed E-state index contributed by atoms with van der Waals surface area (Å²) in [6.45, 7) is 1.90. The van der Waals surface area contributed by atoms with Crippen molar-refractivity contribution in [3.05, 3.63) is 37.9 Å². The predicted molar refractivity (Wildman–Crippen MR) is 65.3 cm³/mol. The molecule has 19 heavy (non-hydrogen) atoms.